The van der Waals surface area contributed by atoms with E-state index in [4.69, 9.17) is 5.84 Å². The van der Waals surface area contributed by atoms with E-state index in [-0.39, 0.29) is 4.47 Å². The Balaban J connectivity index is 2.58. The first kappa shape index (κ1) is 15.6. The second-order valence-electron chi connectivity index (χ2n) is 4.06. The van der Waals surface area contributed by atoms with E-state index in [0.29, 0.717) is 12.1 Å². The van der Waals surface area contributed by atoms with Crippen LogP contribution in [0.25, 0.3) is 0 Å². The van der Waals surface area contributed by atoms with Gasteiger partial charge in [-0.3, -0.25) is 10.5 Å². The van der Waals surface area contributed by atoms with Crippen molar-refractivity contribution in [3.8, 4) is 0 Å². The molecule has 0 radical (unpaired) electrons. The Morgan fingerprint density at radius 3 is 2.70 bits per heavy atom. The molecule has 0 spiro atoms. The van der Waals surface area contributed by atoms with Crippen molar-refractivity contribution in [2.45, 2.75) is 19.5 Å². The fourth-order valence-electron chi connectivity index (χ4n) is 1.99. The molecule has 0 saturated carbocycles. The quantitative estimate of drug-likeness (QED) is 0.463. The summed E-state index contributed by atoms with van der Waals surface area (Å²) in [5.74, 6) is 3.74. The summed E-state index contributed by atoms with van der Waals surface area (Å²) in [5.41, 5.74) is 3.84. The summed E-state index contributed by atoms with van der Waals surface area (Å²) in [6.07, 6.45) is 1.64. The predicted octanol–water partition coefficient (Wildman–Crippen LogP) is 3.26. The minimum atomic E-state index is -0.943. The number of hydrazine groups is 1. The van der Waals surface area contributed by atoms with Gasteiger partial charge in [-0.05, 0) is 50.4 Å². The second kappa shape index (κ2) is 6.30. The topological polar surface area (TPSA) is 55.9 Å². The lowest BCUT2D eigenvalue weighted by Crippen LogP contribution is -2.31. The molecular weight excluding hydrogens is 398 g/mol. The van der Waals surface area contributed by atoms with Crippen molar-refractivity contribution in [2.24, 2.45) is 5.84 Å². The number of hydrogen-bond acceptors (Lipinski definition) is 3. The molecule has 1 atom stereocenters. The lowest BCUT2D eigenvalue weighted by Gasteiger charge is -2.20. The Hall–Kier alpha value is -0.830. The van der Waals surface area contributed by atoms with Crippen molar-refractivity contribution in [3.05, 3.63) is 50.2 Å². The molecule has 1 aromatic heterocycles. The van der Waals surface area contributed by atoms with Gasteiger partial charge >= 0.3 is 0 Å². The van der Waals surface area contributed by atoms with Crippen LogP contribution >= 0.6 is 31.9 Å². The molecule has 0 aliphatic rings. The molecule has 0 fully saturated rings. The highest BCUT2D eigenvalue weighted by molar-refractivity contribution is 9.10. The molecule has 1 heterocycles. The zero-order chi connectivity index (χ0) is 14.9. The molecular formula is C12H12Br2F2N4. The van der Waals surface area contributed by atoms with Gasteiger partial charge < -0.3 is 0 Å². The van der Waals surface area contributed by atoms with Crippen LogP contribution < -0.4 is 11.3 Å². The predicted molar refractivity (Wildman–Crippen MR) is 78.8 cm³/mol. The van der Waals surface area contributed by atoms with Gasteiger partial charge in [-0.25, -0.2) is 14.2 Å². The number of nitrogens with one attached hydrogen (secondary N) is 1. The third-order valence-electron chi connectivity index (χ3n) is 2.95. The standard InChI is InChI=1S/C12H12Br2F2N4/c1-2-20-12(7(13)5-18-20)11(19-17)6-3-4-8(15)10(16)9(6)14/h3-5,11,19H,2,17H2,1H3. The number of nitrogens with two attached hydrogens (primary N) is 1. The molecule has 0 amide bonds. The van der Waals surface area contributed by atoms with E-state index < -0.39 is 17.7 Å². The Morgan fingerprint density at radius 1 is 1.40 bits per heavy atom. The maximum atomic E-state index is 13.7. The number of aromatic nitrogens is 2. The molecule has 4 nitrogen and oxygen atoms in total. The Morgan fingerprint density at radius 2 is 2.10 bits per heavy atom. The van der Waals surface area contributed by atoms with Crippen LogP contribution in [0.3, 0.4) is 0 Å². The van der Waals surface area contributed by atoms with E-state index in [1.54, 1.807) is 10.9 Å². The van der Waals surface area contributed by atoms with E-state index in [2.05, 4.69) is 42.4 Å². The highest BCUT2D eigenvalue weighted by atomic mass is 79.9. The third-order valence-corrected chi connectivity index (χ3v) is 4.37. The van der Waals surface area contributed by atoms with Crippen LogP contribution in [-0.2, 0) is 6.54 Å². The molecule has 2 aromatic rings. The molecule has 8 heteroatoms. The van der Waals surface area contributed by atoms with Gasteiger partial charge in [-0.1, -0.05) is 6.07 Å². The first-order valence-corrected chi connectivity index (χ1v) is 7.40. The zero-order valence-corrected chi connectivity index (χ0v) is 13.7. The normalized spacial score (nSPS) is 12.7. The van der Waals surface area contributed by atoms with Crippen molar-refractivity contribution in [3.63, 3.8) is 0 Å². The molecule has 3 N–H and O–H groups in total. The van der Waals surface area contributed by atoms with Crippen LogP contribution in [0.2, 0.25) is 0 Å². The number of benzene rings is 1. The zero-order valence-electron chi connectivity index (χ0n) is 10.5. The van der Waals surface area contributed by atoms with Gasteiger partial charge in [0.05, 0.1) is 26.9 Å². The minimum absolute atomic E-state index is 0.0382. The van der Waals surface area contributed by atoms with Gasteiger partial charge in [-0.15, -0.1) is 0 Å². The molecule has 20 heavy (non-hydrogen) atoms. The second-order valence-corrected chi connectivity index (χ2v) is 5.71. The van der Waals surface area contributed by atoms with Gasteiger partial charge in [-0.2, -0.15) is 5.10 Å². The van der Waals surface area contributed by atoms with E-state index in [9.17, 15) is 8.78 Å². The van der Waals surface area contributed by atoms with Crippen molar-refractivity contribution in [2.75, 3.05) is 0 Å². The maximum absolute atomic E-state index is 13.7. The Kier molecular flexibility index (Phi) is 4.90. The van der Waals surface area contributed by atoms with Crippen LogP contribution in [-0.4, -0.2) is 9.78 Å². The summed E-state index contributed by atoms with van der Waals surface area (Å²) < 4.78 is 29.4. The fourth-order valence-corrected chi connectivity index (χ4v) is 3.07. The number of nitrogens with zero attached hydrogens (tertiary/aromatic N) is 2. The van der Waals surface area contributed by atoms with Crippen LogP contribution in [0.4, 0.5) is 8.78 Å². The highest BCUT2D eigenvalue weighted by Crippen LogP contribution is 2.34. The fraction of sp³-hybridized carbons (Fsp3) is 0.250. The SMILES string of the molecule is CCn1ncc(Br)c1C(NN)c1ccc(F)c(F)c1Br. The summed E-state index contributed by atoms with van der Waals surface area (Å²) in [6.45, 7) is 2.55. The van der Waals surface area contributed by atoms with E-state index in [0.717, 1.165) is 16.2 Å². The molecule has 0 aliphatic carbocycles. The van der Waals surface area contributed by atoms with Crippen LogP contribution in [0.15, 0.2) is 27.3 Å². The molecule has 0 saturated heterocycles. The maximum Gasteiger partial charge on any atom is 0.173 e. The van der Waals surface area contributed by atoms with Crippen molar-refractivity contribution in [1.82, 2.24) is 15.2 Å². The number of hydrogen-bond donors (Lipinski definition) is 2. The van der Waals surface area contributed by atoms with Gasteiger partial charge in [0.15, 0.2) is 11.6 Å². The van der Waals surface area contributed by atoms with Crippen molar-refractivity contribution >= 4 is 31.9 Å². The lowest BCUT2D eigenvalue weighted by atomic mass is 10.0. The molecule has 108 valence electrons. The van der Waals surface area contributed by atoms with Crippen LogP contribution in [0, 0.1) is 11.6 Å². The summed E-state index contributed by atoms with van der Waals surface area (Å²) in [7, 11) is 0. The van der Waals surface area contributed by atoms with Crippen LogP contribution in [0.1, 0.15) is 24.2 Å². The van der Waals surface area contributed by atoms with E-state index in [1.807, 2.05) is 6.92 Å². The highest BCUT2D eigenvalue weighted by Gasteiger charge is 2.24. The molecule has 2 rings (SSSR count). The number of rotatable bonds is 4. The smallest absolute Gasteiger partial charge is 0.173 e. The lowest BCUT2D eigenvalue weighted by molar-refractivity contribution is 0.493. The molecule has 1 unspecified atom stereocenters. The summed E-state index contributed by atoms with van der Waals surface area (Å²) >= 11 is 6.47. The summed E-state index contributed by atoms with van der Waals surface area (Å²) in [6, 6.07) is 2.02. The van der Waals surface area contributed by atoms with Gasteiger partial charge in [0.1, 0.15) is 0 Å². The molecule has 1 aromatic carbocycles. The number of halogens is 4. The van der Waals surface area contributed by atoms with E-state index >= 15 is 0 Å². The monoisotopic (exact) mass is 408 g/mol. The van der Waals surface area contributed by atoms with E-state index in [1.165, 1.54) is 6.07 Å². The van der Waals surface area contributed by atoms with Crippen LogP contribution in [0.5, 0.6) is 0 Å². The average Bonchev–Trinajstić information content (AvgIpc) is 2.81. The average molecular weight is 410 g/mol. The number of aryl methyl sites for hydroxylation is 1. The Labute approximate surface area is 131 Å². The first-order chi connectivity index (χ1) is 9.51. The minimum Gasteiger partial charge on any atom is -0.271 e. The van der Waals surface area contributed by atoms with Gasteiger partial charge in [0, 0.05) is 6.54 Å². The molecule has 0 bridgehead atoms. The largest absolute Gasteiger partial charge is 0.271 e. The molecule has 0 aliphatic heterocycles. The summed E-state index contributed by atoms with van der Waals surface area (Å²) in [4.78, 5) is 0. The van der Waals surface area contributed by atoms with Gasteiger partial charge in [0.25, 0.3) is 0 Å². The van der Waals surface area contributed by atoms with Crippen molar-refractivity contribution in [1.29, 1.82) is 0 Å². The first-order valence-electron chi connectivity index (χ1n) is 5.82. The summed E-state index contributed by atoms with van der Waals surface area (Å²) in [5, 5.41) is 4.19. The third kappa shape index (κ3) is 2.65. The van der Waals surface area contributed by atoms with Crippen molar-refractivity contribution < 1.29 is 8.78 Å². The Bertz CT molecular complexity index is 630. The van der Waals surface area contributed by atoms with Gasteiger partial charge in [0.2, 0.25) is 0 Å².